The highest BCUT2D eigenvalue weighted by Gasteiger charge is 2.43. The van der Waals surface area contributed by atoms with Crippen molar-refractivity contribution in [1.82, 2.24) is 4.90 Å². The number of hydrogen-bond donors (Lipinski definition) is 1. The van der Waals surface area contributed by atoms with Crippen LogP contribution in [0.15, 0.2) is 0 Å². The number of methoxy groups -OCH3 is 1. The van der Waals surface area contributed by atoms with Crippen LogP contribution in [0, 0.1) is 0 Å². The average Bonchev–Trinajstić information content (AvgIpc) is 2.47. The van der Waals surface area contributed by atoms with Gasteiger partial charge in [-0.3, -0.25) is 9.69 Å². The lowest BCUT2D eigenvalue weighted by Crippen LogP contribution is -2.58. The summed E-state index contributed by atoms with van der Waals surface area (Å²) in [5.41, 5.74) is 5.57. The van der Waals surface area contributed by atoms with Crippen LogP contribution >= 0.6 is 0 Å². The number of piperidine rings is 1. The van der Waals surface area contributed by atoms with Gasteiger partial charge in [-0.25, -0.2) is 0 Å². The lowest BCUT2D eigenvalue weighted by atomic mass is 9.78. The molecule has 1 saturated carbocycles. The SMILES string of the molecule is CCCC1CCCCN1C1CCCC(N)(C(=O)OC)C1. The summed E-state index contributed by atoms with van der Waals surface area (Å²) in [6, 6.07) is 1.16. The zero-order valence-electron chi connectivity index (χ0n) is 13.1. The Bertz CT molecular complexity index is 332. The van der Waals surface area contributed by atoms with Gasteiger partial charge in [-0.2, -0.15) is 0 Å². The van der Waals surface area contributed by atoms with Crippen LogP contribution in [0.1, 0.15) is 64.7 Å². The third-order valence-electron chi connectivity index (χ3n) is 5.12. The molecule has 0 aromatic heterocycles. The van der Waals surface area contributed by atoms with Crippen LogP contribution in [-0.2, 0) is 9.53 Å². The molecule has 1 aliphatic heterocycles. The summed E-state index contributed by atoms with van der Waals surface area (Å²) in [7, 11) is 1.45. The van der Waals surface area contributed by atoms with E-state index in [9.17, 15) is 4.79 Å². The van der Waals surface area contributed by atoms with Crippen LogP contribution in [0.4, 0.5) is 0 Å². The van der Waals surface area contributed by atoms with Crippen molar-refractivity contribution in [2.45, 2.75) is 82.3 Å². The second-order valence-electron chi connectivity index (χ2n) is 6.57. The molecule has 2 fully saturated rings. The zero-order valence-corrected chi connectivity index (χ0v) is 13.1. The first-order chi connectivity index (χ1) is 9.60. The fourth-order valence-corrected chi connectivity index (χ4v) is 4.10. The van der Waals surface area contributed by atoms with Crippen molar-refractivity contribution >= 4 is 5.97 Å². The van der Waals surface area contributed by atoms with Crippen molar-refractivity contribution in [3.8, 4) is 0 Å². The Morgan fingerprint density at radius 2 is 2.15 bits per heavy atom. The number of likely N-dealkylation sites (tertiary alicyclic amines) is 1. The standard InChI is InChI=1S/C16H30N2O2/c1-3-7-13-8-4-5-11-18(13)14-9-6-10-16(17,12-14)15(19)20-2/h13-14H,3-12,17H2,1-2H3. The molecule has 0 bridgehead atoms. The van der Waals surface area contributed by atoms with Crippen LogP contribution in [0.3, 0.4) is 0 Å². The predicted octanol–water partition coefficient (Wildman–Crippen LogP) is 2.45. The molecule has 4 nitrogen and oxygen atoms in total. The van der Waals surface area contributed by atoms with Crippen LogP contribution in [-0.4, -0.2) is 42.1 Å². The topological polar surface area (TPSA) is 55.6 Å². The lowest BCUT2D eigenvalue weighted by Gasteiger charge is -2.46. The molecule has 2 N–H and O–H groups in total. The molecule has 3 atom stereocenters. The van der Waals surface area contributed by atoms with Crippen LogP contribution < -0.4 is 5.73 Å². The number of carbonyl (C=O) groups is 1. The molecular weight excluding hydrogens is 252 g/mol. The monoisotopic (exact) mass is 282 g/mol. The molecule has 116 valence electrons. The van der Waals surface area contributed by atoms with E-state index in [1.807, 2.05) is 0 Å². The zero-order chi connectivity index (χ0) is 14.6. The molecule has 4 heteroatoms. The second-order valence-corrected chi connectivity index (χ2v) is 6.57. The van der Waals surface area contributed by atoms with E-state index in [4.69, 9.17) is 10.5 Å². The summed E-state index contributed by atoms with van der Waals surface area (Å²) in [5, 5.41) is 0. The Kier molecular flexibility index (Phi) is 5.44. The summed E-state index contributed by atoms with van der Waals surface area (Å²) < 4.78 is 4.92. The van der Waals surface area contributed by atoms with Crippen molar-refractivity contribution in [3.63, 3.8) is 0 Å². The Morgan fingerprint density at radius 3 is 2.85 bits per heavy atom. The number of esters is 1. The fraction of sp³-hybridized carbons (Fsp3) is 0.938. The highest BCUT2D eigenvalue weighted by atomic mass is 16.5. The van der Waals surface area contributed by atoms with Gasteiger partial charge in [-0.1, -0.05) is 19.8 Å². The van der Waals surface area contributed by atoms with Gasteiger partial charge in [0.2, 0.25) is 0 Å². The number of carbonyl (C=O) groups excluding carboxylic acids is 1. The maximum Gasteiger partial charge on any atom is 0.325 e. The third-order valence-corrected chi connectivity index (χ3v) is 5.12. The van der Waals surface area contributed by atoms with E-state index >= 15 is 0 Å². The molecule has 0 radical (unpaired) electrons. The molecule has 2 aliphatic rings. The van der Waals surface area contributed by atoms with Gasteiger partial charge in [-0.15, -0.1) is 0 Å². The molecule has 1 saturated heterocycles. The van der Waals surface area contributed by atoms with E-state index < -0.39 is 5.54 Å². The summed E-state index contributed by atoms with van der Waals surface area (Å²) in [4.78, 5) is 14.6. The van der Waals surface area contributed by atoms with Gasteiger partial charge in [-0.05, 0) is 51.5 Å². The molecule has 20 heavy (non-hydrogen) atoms. The van der Waals surface area contributed by atoms with Crippen molar-refractivity contribution in [2.75, 3.05) is 13.7 Å². The van der Waals surface area contributed by atoms with Gasteiger partial charge in [0.1, 0.15) is 5.54 Å². The first-order valence-corrected chi connectivity index (χ1v) is 8.24. The Labute approximate surface area is 123 Å². The maximum atomic E-state index is 12.0. The van der Waals surface area contributed by atoms with Crippen molar-refractivity contribution in [2.24, 2.45) is 5.73 Å². The molecule has 2 rings (SSSR count). The summed E-state index contributed by atoms with van der Waals surface area (Å²) in [6.45, 7) is 3.43. The number of ether oxygens (including phenoxy) is 1. The van der Waals surface area contributed by atoms with E-state index in [1.54, 1.807) is 0 Å². The quantitative estimate of drug-likeness (QED) is 0.805. The number of nitrogens with zero attached hydrogens (tertiary/aromatic N) is 1. The predicted molar refractivity (Wildman–Crippen MR) is 80.4 cm³/mol. The first kappa shape index (κ1) is 15.8. The number of rotatable bonds is 4. The fourth-order valence-electron chi connectivity index (χ4n) is 4.10. The molecular formula is C16H30N2O2. The second kappa shape index (κ2) is 6.90. The van der Waals surface area contributed by atoms with Gasteiger partial charge in [0.05, 0.1) is 7.11 Å². The van der Waals surface area contributed by atoms with Gasteiger partial charge in [0.15, 0.2) is 0 Å². The van der Waals surface area contributed by atoms with Crippen LogP contribution in [0.25, 0.3) is 0 Å². The molecule has 0 spiro atoms. The van der Waals surface area contributed by atoms with Crippen molar-refractivity contribution < 1.29 is 9.53 Å². The lowest BCUT2D eigenvalue weighted by molar-refractivity contribution is -0.149. The highest BCUT2D eigenvalue weighted by Crippen LogP contribution is 2.34. The normalized spacial score (nSPS) is 35.8. The van der Waals surface area contributed by atoms with Crippen molar-refractivity contribution in [1.29, 1.82) is 0 Å². The van der Waals surface area contributed by atoms with Gasteiger partial charge < -0.3 is 10.5 Å². The number of hydrogen-bond acceptors (Lipinski definition) is 4. The molecule has 0 amide bonds. The average molecular weight is 282 g/mol. The number of nitrogens with two attached hydrogens (primary N) is 1. The third kappa shape index (κ3) is 3.34. The van der Waals surface area contributed by atoms with E-state index in [-0.39, 0.29) is 5.97 Å². The van der Waals surface area contributed by atoms with E-state index in [1.165, 1.54) is 52.2 Å². The minimum absolute atomic E-state index is 0.230. The van der Waals surface area contributed by atoms with E-state index in [2.05, 4.69) is 11.8 Å². The largest absolute Gasteiger partial charge is 0.468 e. The van der Waals surface area contributed by atoms with E-state index in [0.717, 1.165) is 19.3 Å². The molecule has 0 aromatic rings. The van der Waals surface area contributed by atoms with Gasteiger partial charge in [0, 0.05) is 12.1 Å². The minimum Gasteiger partial charge on any atom is -0.468 e. The Hall–Kier alpha value is -0.610. The molecule has 3 unspecified atom stereocenters. The van der Waals surface area contributed by atoms with Crippen molar-refractivity contribution in [3.05, 3.63) is 0 Å². The smallest absolute Gasteiger partial charge is 0.325 e. The molecule has 0 aromatic carbocycles. The Morgan fingerprint density at radius 1 is 1.35 bits per heavy atom. The molecule has 1 aliphatic carbocycles. The first-order valence-electron chi connectivity index (χ1n) is 8.24. The summed E-state index contributed by atoms with van der Waals surface area (Å²) >= 11 is 0. The van der Waals surface area contributed by atoms with Crippen LogP contribution in [0.2, 0.25) is 0 Å². The summed E-state index contributed by atoms with van der Waals surface area (Å²) in [6.07, 6.45) is 10.2. The van der Waals surface area contributed by atoms with Gasteiger partial charge >= 0.3 is 5.97 Å². The van der Waals surface area contributed by atoms with E-state index in [0.29, 0.717) is 12.1 Å². The summed E-state index contributed by atoms with van der Waals surface area (Å²) in [5.74, 6) is -0.230. The molecule has 1 heterocycles. The highest BCUT2D eigenvalue weighted by molar-refractivity contribution is 5.80. The Balaban J connectivity index is 2.05. The van der Waals surface area contributed by atoms with Gasteiger partial charge in [0.25, 0.3) is 0 Å². The maximum absolute atomic E-state index is 12.0. The van der Waals surface area contributed by atoms with Crippen LogP contribution in [0.5, 0.6) is 0 Å². The minimum atomic E-state index is -0.758.